The molecule has 1 aromatic rings. The number of halogens is 15. The monoisotopic (exact) mass is 699 g/mol. The number of Topliss-reactive ketones (excluding diaryl/α,β-unsaturated/α-hetero) is 3. The number of rotatable bonds is 3. The first-order valence-corrected chi connectivity index (χ1v) is 11.6. The highest BCUT2D eigenvalue weighted by atomic mass is 19.4. The molecule has 0 radical (unpaired) electrons. The smallest absolute Gasteiger partial charge is 0.283 e. The summed E-state index contributed by atoms with van der Waals surface area (Å²) >= 11 is 0. The van der Waals surface area contributed by atoms with Gasteiger partial charge in [-0.3, -0.25) is 14.4 Å². The minimum absolute atomic E-state index is 0.441. The van der Waals surface area contributed by atoms with Crippen molar-refractivity contribution in [3.05, 3.63) is 64.8 Å². The Morgan fingerprint density at radius 2 is 0.521 bits per heavy atom. The van der Waals surface area contributed by atoms with Crippen molar-refractivity contribution in [2.45, 2.75) is 18.5 Å². The fourth-order valence-corrected chi connectivity index (χ4v) is 4.85. The van der Waals surface area contributed by atoms with Gasteiger partial charge in [0.15, 0.2) is 0 Å². The molecule has 0 fully saturated rings. The molecule has 1 aromatic carbocycles. The molecule has 0 N–H and O–H groups in total. The first-order valence-electron chi connectivity index (χ1n) is 11.6. The fraction of sp³-hybridized carbons (Fsp3) is 0.111. The molecule has 3 aliphatic carbocycles. The summed E-state index contributed by atoms with van der Waals surface area (Å²) < 4.78 is 213. The van der Waals surface area contributed by atoms with Gasteiger partial charge in [0, 0.05) is 31.3 Å². The minimum atomic E-state index is -6.11. The van der Waals surface area contributed by atoms with Gasteiger partial charge in [-0.05, 0) is 0 Å². The molecule has 0 amide bonds. The number of hydrogen-bond acceptors (Lipinski definition) is 6. The van der Waals surface area contributed by atoms with Crippen molar-refractivity contribution < 1.29 is 80.2 Å². The quantitative estimate of drug-likeness (QED) is 0.271. The summed E-state index contributed by atoms with van der Waals surface area (Å²) in [7, 11) is 0. The Morgan fingerprint density at radius 3 is 0.625 bits per heavy atom. The van der Waals surface area contributed by atoms with Gasteiger partial charge >= 0.3 is 18.5 Å². The fourth-order valence-electron chi connectivity index (χ4n) is 4.85. The molecule has 0 saturated carbocycles. The third-order valence-corrected chi connectivity index (χ3v) is 6.67. The van der Waals surface area contributed by atoms with Crippen LogP contribution in [0.4, 0.5) is 65.9 Å². The van der Waals surface area contributed by atoms with Crippen LogP contribution in [0.15, 0.2) is 33.4 Å². The summed E-state index contributed by atoms with van der Waals surface area (Å²) in [5.74, 6) is -26.3. The van der Waals surface area contributed by atoms with Crippen LogP contribution in [0.25, 0.3) is 35.0 Å². The van der Waals surface area contributed by atoms with Gasteiger partial charge in [-0.2, -0.15) is 55.3 Å². The molecule has 3 aliphatic rings. The van der Waals surface area contributed by atoms with Gasteiger partial charge in [-0.1, -0.05) is 0 Å². The van der Waals surface area contributed by atoms with Gasteiger partial charge < -0.3 is 0 Å². The van der Waals surface area contributed by atoms with Crippen molar-refractivity contribution in [1.82, 2.24) is 0 Å². The maximum atomic E-state index is 15.8. The van der Waals surface area contributed by atoms with E-state index in [0.29, 0.717) is 18.2 Å². The lowest BCUT2D eigenvalue weighted by Crippen LogP contribution is -2.64. The van der Waals surface area contributed by atoms with E-state index in [2.05, 4.69) is 0 Å². The number of alkyl halides is 9. The number of carbonyl (C=O) groups is 3. The van der Waals surface area contributed by atoms with Crippen molar-refractivity contribution in [2.24, 2.45) is 0 Å². The second kappa shape index (κ2) is 10.8. The molecule has 246 valence electrons. The third kappa shape index (κ3) is 4.71. The number of fused-ring (bicyclic) bond motifs is 6. The highest BCUT2D eigenvalue weighted by Crippen LogP contribution is 2.36. The van der Waals surface area contributed by atoms with E-state index in [1.807, 2.05) is 0 Å². The van der Waals surface area contributed by atoms with Crippen LogP contribution in [0.2, 0.25) is 0 Å². The number of ketones is 3. The predicted molar refractivity (Wildman–Crippen MR) is 122 cm³/mol. The van der Waals surface area contributed by atoms with Crippen LogP contribution in [0.1, 0.15) is 0 Å². The van der Waals surface area contributed by atoms with Crippen LogP contribution in [0.5, 0.6) is 0 Å². The highest BCUT2D eigenvalue weighted by Gasteiger charge is 2.48. The van der Waals surface area contributed by atoms with Gasteiger partial charge in [-0.25, -0.2) is 26.3 Å². The lowest BCUT2D eigenvalue weighted by Gasteiger charge is -2.06. The number of nitriles is 3. The zero-order chi connectivity index (χ0) is 36.7. The van der Waals surface area contributed by atoms with Crippen molar-refractivity contribution in [3.8, 4) is 18.2 Å². The summed E-state index contributed by atoms with van der Waals surface area (Å²) in [6.07, 6.45) is -18.3. The van der Waals surface area contributed by atoms with E-state index >= 15 is 26.3 Å². The van der Waals surface area contributed by atoms with Crippen LogP contribution in [-0.4, -0.2) is 35.9 Å². The van der Waals surface area contributed by atoms with E-state index < -0.39 is 136 Å². The lowest BCUT2D eigenvalue weighted by molar-refractivity contribution is -0.166. The maximum absolute atomic E-state index is 15.8. The van der Waals surface area contributed by atoms with Crippen molar-refractivity contribution in [3.63, 3.8) is 0 Å². The maximum Gasteiger partial charge on any atom is 0.455 e. The summed E-state index contributed by atoms with van der Waals surface area (Å²) in [5.41, 5.74) is -14.8. The van der Waals surface area contributed by atoms with E-state index in [4.69, 9.17) is 15.8 Å². The summed E-state index contributed by atoms with van der Waals surface area (Å²) in [5, 5.41) is 14.8. The zero-order valence-corrected chi connectivity index (χ0v) is 21.7. The van der Waals surface area contributed by atoms with Crippen LogP contribution < -0.4 is 31.3 Å². The molecule has 0 atom stereocenters. The number of benzene rings is 1. The van der Waals surface area contributed by atoms with Crippen LogP contribution in [0, 0.1) is 34.0 Å². The first kappa shape index (κ1) is 35.0. The zero-order valence-electron chi connectivity index (χ0n) is 21.7. The van der Waals surface area contributed by atoms with Crippen LogP contribution >= 0.6 is 0 Å². The molecule has 21 heteroatoms. The Balaban J connectivity index is 2.57. The largest absolute Gasteiger partial charge is 0.455 e. The molecule has 0 heterocycles. The number of carbonyl (C=O) groups excluding carboxylic acids is 3. The molecule has 4 rings (SSSR count). The normalized spacial score (nSPS) is 15.6. The average molecular weight is 699 g/mol. The molecule has 6 nitrogen and oxygen atoms in total. The number of nitrogens with zero attached hydrogens (tertiary/aromatic N) is 3. The van der Waals surface area contributed by atoms with Crippen molar-refractivity contribution in [1.29, 1.82) is 15.8 Å². The number of hydrogen-bond donors (Lipinski definition) is 0. The Bertz CT molecular complexity index is 2080. The molecule has 0 aliphatic heterocycles. The van der Waals surface area contributed by atoms with E-state index in [9.17, 15) is 53.9 Å². The van der Waals surface area contributed by atoms with Gasteiger partial charge in [0.05, 0.1) is 16.7 Å². The standard InChI is InChI=1S/C27F15N3O3/c28-16-7(4(1-43)22(46)25(34,35)36)17(29)11-10(16)12-14(20(32)8(18(12)30)5(2-44)23(47)26(37,38)39)15-13(11)19(31)9(21(15)33)6(3-45)24(48)27(40,41)42. The van der Waals surface area contributed by atoms with Crippen LogP contribution in [0.3, 0.4) is 0 Å². The minimum Gasteiger partial charge on any atom is -0.283 e. The van der Waals surface area contributed by atoms with Crippen molar-refractivity contribution >= 4 is 52.3 Å². The van der Waals surface area contributed by atoms with E-state index in [-0.39, 0.29) is 0 Å². The highest BCUT2D eigenvalue weighted by molar-refractivity contribution is 6.11. The van der Waals surface area contributed by atoms with Gasteiger partial charge in [-0.15, -0.1) is 0 Å². The third-order valence-electron chi connectivity index (χ3n) is 6.67. The summed E-state index contributed by atoms with van der Waals surface area (Å²) in [6.45, 7) is 0. The topological polar surface area (TPSA) is 123 Å². The molecule has 0 spiro atoms. The molecular formula is C27F15N3O3. The second-order valence-corrected chi connectivity index (χ2v) is 9.20. The van der Waals surface area contributed by atoms with E-state index in [0.717, 1.165) is 0 Å². The van der Waals surface area contributed by atoms with Gasteiger partial charge in [0.1, 0.15) is 69.9 Å². The van der Waals surface area contributed by atoms with Crippen LogP contribution in [-0.2, 0) is 14.4 Å². The van der Waals surface area contributed by atoms with E-state index in [1.165, 1.54) is 0 Å². The van der Waals surface area contributed by atoms with Crippen molar-refractivity contribution in [2.75, 3.05) is 0 Å². The van der Waals surface area contributed by atoms with Gasteiger partial charge in [0.25, 0.3) is 17.3 Å². The summed E-state index contributed by atoms with van der Waals surface area (Å²) in [6, 6.07) is 1.32. The molecule has 0 unspecified atom stereocenters. The van der Waals surface area contributed by atoms with E-state index in [1.54, 1.807) is 0 Å². The van der Waals surface area contributed by atoms with Gasteiger partial charge in [0.2, 0.25) is 0 Å². The molecule has 0 bridgehead atoms. The molecule has 0 saturated heterocycles. The SMILES string of the molecule is N#CC(C(=O)C(F)(F)F)=C1C(F)=c2c3c(c4c(c2=C1F)=C(F)C(=C(C#N)C(=O)C(F)(F)F)C=4F)=C(F)C(=C(C#N)C(=O)C(F)(F)F)C=3F. The Kier molecular flexibility index (Phi) is 7.89. The Morgan fingerprint density at radius 1 is 0.375 bits per heavy atom. The average Bonchev–Trinajstić information content (AvgIpc) is 3.49. The molecular weight excluding hydrogens is 699 g/mol. The molecule has 48 heavy (non-hydrogen) atoms. The number of allylic oxidation sites excluding steroid dienone is 6. The lowest BCUT2D eigenvalue weighted by atomic mass is 10.0. The second-order valence-electron chi connectivity index (χ2n) is 9.20. The predicted octanol–water partition coefficient (Wildman–Crippen LogP) is 2.05. The molecule has 0 aromatic heterocycles. The Hall–Kier alpha value is -5.91. The summed E-state index contributed by atoms with van der Waals surface area (Å²) in [4.78, 5) is 35.4. The Labute approximate surface area is 250 Å². The first-order chi connectivity index (χ1) is 21.9.